The Morgan fingerprint density at radius 1 is 1.53 bits per heavy atom. The van der Waals surface area contributed by atoms with E-state index in [0.29, 0.717) is 19.4 Å². The Morgan fingerprint density at radius 3 is 2.65 bits per heavy atom. The van der Waals surface area contributed by atoms with Crippen LogP contribution in [0.3, 0.4) is 0 Å². The van der Waals surface area contributed by atoms with E-state index in [1.165, 1.54) is 13.8 Å². The van der Waals surface area contributed by atoms with E-state index in [0.717, 1.165) is 0 Å². The second-order valence-electron chi connectivity index (χ2n) is 4.97. The fraction of sp³-hybridized carbons (Fsp3) is 0.727. The van der Waals surface area contributed by atoms with Gasteiger partial charge in [0.1, 0.15) is 0 Å². The maximum Gasteiger partial charge on any atom is 0.309 e. The normalized spacial score (nSPS) is 19.9. The highest BCUT2D eigenvalue weighted by Gasteiger charge is 2.30. The number of carboxylic acids is 1. The van der Waals surface area contributed by atoms with Gasteiger partial charge in [0.05, 0.1) is 5.41 Å². The lowest BCUT2D eigenvalue weighted by Crippen LogP contribution is -2.40. The minimum Gasteiger partial charge on any atom is -0.481 e. The molecule has 0 aromatic carbocycles. The van der Waals surface area contributed by atoms with E-state index in [9.17, 15) is 14.4 Å². The van der Waals surface area contributed by atoms with Crippen molar-refractivity contribution in [2.75, 3.05) is 6.54 Å². The minimum absolute atomic E-state index is 0.00452. The molecule has 1 aliphatic rings. The predicted octanol–water partition coefficient (Wildman–Crippen LogP) is -0.118. The summed E-state index contributed by atoms with van der Waals surface area (Å²) < 4.78 is 0. The van der Waals surface area contributed by atoms with Gasteiger partial charge >= 0.3 is 5.97 Å². The van der Waals surface area contributed by atoms with Crippen LogP contribution < -0.4 is 10.6 Å². The van der Waals surface area contributed by atoms with Crippen molar-refractivity contribution < 1.29 is 19.5 Å². The number of rotatable bonds is 5. The number of nitrogens with one attached hydrogen (secondary N) is 2. The van der Waals surface area contributed by atoms with Crippen LogP contribution in [0, 0.1) is 5.41 Å². The summed E-state index contributed by atoms with van der Waals surface area (Å²) >= 11 is 0. The van der Waals surface area contributed by atoms with E-state index in [2.05, 4.69) is 10.6 Å². The summed E-state index contributed by atoms with van der Waals surface area (Å²) in [7, 11) is 0. The molecule has 1 heterocycles. The van der Waals surface area contributed by atoms with Gasteiger partial charge in [0.25, 0.3) is 0 Å². The molecular weight excluding hydrogens is 224 g/mol. The second kappa shape index (κ2) is 5.16. The molecule has 17 heavy (non-hydrogen) atoms. The second-order valence-corrected chi connectivity index (χ2v) is 4.97. The van der Waals surface area contributed by atoms with Crippen LogP contribution >= 0.6 is 0 Å². The Labute approximate surface area is 99.8 Å². The van der Waals surface area contributed by atoms with Crippen LogP contribution in [0.15, 0.2) is 0 Å². The van der Waals surface area contributed by atoms with E-state index in [1.54, 1.807) is 0 Å². The quantitative estimate of drug-likeness (QED) is 0.626. The van der Waals surface area contributed by atoms with Gasteiger partial charge < -0.3 is 15.7 Å². The Kier molecular flexibility index (Phi) is 4.09. The number of aliphatic carboxylic acids is 1. The van der Waals surface area contributed by atoms with Crippen LogP contribution in [0.1, 0.15) is 33.1 Å². The van der Waals surface area contributed by atoms with Crippen molar-refractivity contribution >= 4 is 17.8 Å². The average molecular weight is 242 g/mol. The van der Waals surface area contributed by atoms with Gasteiger partial charge in [0.2, 0.25) is 11.8 Å². The van der Waals surface area contributed by atoms with Crippen molar-refractivity contribution in [2.24, 2.45) is 5.41 Å². The topological polar surface area (TPSA) is 95.5 Å². The van der Waals surface area contributed by atoms with Crippen LogP contribution in [0.2, 0.25) is 0 Å². The zero-order valence-corrected chi connectivity index (χ0v) is 10.1. The third kappa shape index (κ3) is 4.05. The van der Waals surface area contributed by atoms with Crippen molar-refractivity contribution in [1.29, 1.82) is 0 Å². The van der Waals surface area contributed by atoms with E-state index in [4.69, 9.17) is 5.11 Å². The van der Waals surface area contributed by atoms with Crippen molar-refractivity contribution in [2.45, 2.75) is 39.2 Å². The molecule has 0 spiro atoms. The number of amides is 2. The molecule has 96 valence electrons. The fourth-order valence-electron chi connectivity index (χ4n) is 1.61. The maximum absolute atomic E-state index is 11.5. The molecule has 2 amide bonds. The summed E-state index contributed by atoms with van der Waals surface area (Å²) in [6, 6.07) is -0.0283. The fourth-order valence-corrected chi connectivity index (χ4v) is 1.61. The molecule has 0 aromatic heterocycles. The first-order valence-corrected chi connectivity index (χ1v) is 5.61. The van der Waals surface area contributed by atoms with Gasteiger partial charge in [-0.1, -0.05) is 0 Å². The first kappa shape index (κ1) is 13.5. The number of carboxylic acid groups (broad SMARTS) is 1. The largest absolute Gasteiger partial charge is 0.481 e. The highest BCUT2D eigenvalue weighted by atomic mass is 16.4. The molecular formula is C11H18N2O4. The Bertz CT molecular complexity index is 338. The average Bonchev–Trinajstić information content (AvgIpc) is 2.60. The summed E-state index contributed by atoms with van der Waals surface area (Å²) in [6.45, 7) is 3.37. The zero-order valence-electron chi connectivity index (χ0n) is 10.1. The number of hydrogen-bond acceptors (Lipinski definition) is 3. The van der Waals surface area contributed by atoms with Gasteiger partial charge in [-0.25, -0.2) is 0 Å². The molecule has 1 saturated heterocycles. The van der Waals surface area contributed by atoms with Gasteiger partial charge in [0.15, 0.2) is 0 Å². The number of hydrogen-bond donors (Lipinski definition) is 3. The summed E-state index contributed by atoms with van der Waals surface area (Å²) in [5.41, 5.74) is -1.07. The van der Waals surface area contributed by atoms with Crippen LogP contribution in [0.5, 0.6) is 0 Å². The summed E-state index contributed by atoms with van der Waals surface area (Å²) in [6.07, 6.45) is 1.13. The van der Waals surface area contributed by atoms with Crippen LogP contribution in [0.4, 0.5) is 0 Å². The first-order valence-electron chi connectivity index (χ1n) is 5.61. The molecule has 0 radical (unpaired) electrons. The highest BCUT2D eigenvalue weighted by Crippen LogP contribution is 2.20. The minimum atomic E-state index is -1.07. The van der Waals surface area contributed by atoms with E-state index < -0.39 is 11.4 Å². The predicted molar refractivity (Wildman–Crippen MR) is 60.2 cm³/mol. The third-order valence-corrected chi connectivity index (χ3v) is 2.81. The van der Waals surface area contributed by atoms with Crippen LogP contribution in [-0.2, 0) is 14.4 Å². The van der Waals surface area contributed by atoms with Crippen LogP contribution in [-0.4, -0.2) is 35.5 Å². The monoisotopic (exact) mass is 242 g/mol. The Hall–Kier alpha value is -1.59. The first-order chi connectivity index (χ1) is 7.81. The lowest BCUT2D eigenvalue weighted by Gasteiger charge is -2.19. The number of carbonyl (C=O) groups is 3. The molecule has 1 rings (SSSR count). The van der Waals surface area contributed by atoms with Gasteiger partial charge in [-0.2, -0.15) is 0 Å². The molecule has 1 fully saturated rings. The lowest BCUT2D eigenvalue weighted by atomic mass is 9.89. The summed E-state index contributed by atoms with van der Waals surface area (Å²) in [4.78, 5) is 33.3. The van der Waals surface area contributed by atoms with Gasteiger partial charge in [-0.3, -0.25) is 14.4 Å². The van der Waals surface area contributed by atoms with Crippen LogP contribution in [0.25, 0.3) is 0 Å². The SMILES string of the molecule is CC(C)(CC(=O)NCC1CCC(=O)N1)C(=O)O. The standard InChI is InChI=1S/C11H18N2O4/c1-11(2,10(16)17)5-9(15)12-6-7-3-4-8(14)13-7/h7H,3-6H2,1-2H3,(H,12,15)(H,13,14)(H,16,17). The highest BCUT2D eigenvalue weighted by molar-refractivity contribution is 5.84. The molecule has 6 heteroatoms. The molecule has 0 aromatic rings. The lowest BCUT2D eigenvalue weighted by molar-refractivity contribution is -0.149. The molecule has 1 atom stereocenters. The van der Waals surface area contributed by atoms with Crippen molar-refractivity contribution in [3.63, 3.8) is 0 Å². The molecule has 1 aliphatic heterocycles. The molecule has 3 N–H and O–H groups in total. The summed E-state index contributed by atoms with van der Waals surface area (Å²) in [5.74, 6) is -1.31. The maximum atomic E-state index is 11.5. The zero-order chi connectivity index (χ0) is 13.1. The van der Waals surface area contributed by atoms with Crippen molar-refractivity contribution in [3.05, 3.63) is 0 Å². The Morgan fingerprint density at radius 2 is 2.18 bits per heavy atom. The summed E-state index contributed by atoms with van der Waals surface area (Å²) in [5, 5.41) is 14.2. The Balaban J connectivity index is 2.30. The van der Waals surface area contributed by atoms with Crippen molar-refractivity contribution in [1.82, 2.24) is 10.6 Å². The molecule has 0 saturated carbocycles. The molecule has 6 nitrogen and oxygen atoms in total. The van der Waals surface area contributed by atoms with E-state index in [1.807, 2.05) is 0 Å². The third-order valence-electron chi connectivity index (χ3n) is 2.81. The molecule has 0 aliphatic carbocycles. The molecule has 0 bridgehead atoms. The molecule has 1 unspecified atom stereocenters. The van der Waals surface area contributed by atoms with E-state index >= 15 is 0 Å². The number of carbonyl (C=O) groups excluding carboxylic acids is 2. The van der Waals surface area contributed by atoms with Gasteiger partial charge in [-0.05, 0) is 20.3 Å². The van der Waals surface area contributed by atoms with E-state index in [-0.39, 0.29) is 24.3 Å². The van der Waals surface area contributed by atoms with Gasteiger partial charge in [0, 0.05) is 25.4 Å². The van der Waals surface area contributed by atoms with Gasteiger partial charge in [-0.15, -0.1) is 0 Å². The smallest absolute Gasteiger partial charge is 0.309 e. The van der Waals surface area contributed by atoms with Crippen molar-refractivity contribution in [3.8, 4) is 0 Å².